The summed E-state index contributed by atoms with van der Waals surface area (Å²) in [4.78, 5) is 0. The van der Waals surface area contributed by atoms with Crippen molar-refractivity contribution >= 4 is 0 Å². The normalized spacial score (nSPS) is 10.0. The van der Waals surface area contributed by atoms with Gasteiger partial charge < -0.3 is 5.73 Å². The molecule has 0 heterocycles. The minimum atomic E-state index is 0.538. The van der Waals surface area contributed by atoms with Crippen LogP contribution in [0.25, 0.3) is 0 Å². The molecule has 1 heteroatoms. The van der Waals surface area contributed by atoms with Crippen LogP contribution in [0.2, 0.25) is 0 Å². The fourth-order valence-corrected chi connectivity index (χ4v) is 0.0786. The van der Waals surface area contributed by atoms with Crippen molar-refractivity contribution in [3.8, 4) is 0 Å². The van der Waals surface area contributed by atoms with Crippen LogP contribution in [0.1, 0.15) is 0 Å². The second kappa shape index (κ2) is 3.70. The van der Waals surface area contributed by atoms with Crippen LogP contribution in [0.3, 0.4) is 0 Å². The first kappa shape index (κ1) is 4.70. The highest BCUT2D eigenvalue weighted by Gasteiger charge is 1.51. The van der Waals surface area contributed by atoms with Gasteiger partial charge >= 0.3 is 0 Å². The quantitative estimate of drug-likeness (QED) is 0.468. The van der Waals surface area contributed by atoms with Gasteiger partial charge in [-0.15, -0.1) is 0 Å². The molecule has 0 aliphatic rings. The van der Waals surface area contributed by atoms with Gasteiger partial charge in [0.15, 0.2) is 0 Å². The lowest BCUT2D eigenvalue weighted by Crippen LogP contribution is -1.91. The molecule has 2 radical (unpaired) electrons. The number of hydrogen-bond acceptors (Lipinski definition) is 1. The third kappa shape index (κ3) is 3.70. The molecule has 0 aromatic carbocycles. The summed E-state index contributed by atoms with van der Waals surface area (Å²) in [6, 6.07) is 0. The Bertz CT molecular complexity index is 30.6. The van der Waals surface area contributed by atoms with Gasteiger partial charge in [0.2, 0.25) is 0 Å². The standard InChI is InChI=1S/C4H7N/c1-2-3-4-5/h1-3H,4-5H2/b3-2+. The van der Waals surface area contributed by atoms with E-state index in [1.165, 1.54) is 6.08 Å². The fourth-order valence-electron chi connectivity index (χ4n) is 0.0786. The van der Waals surface area contributed by atoms with E-state index in [0.717, 1.165) is 0 Å². The van der Waals surface area contributed by atoms with E-state index in [1.807, 2.05) is 0 Å². The van der Waals surface area contributed by atoms with Crippen molar-refractivity contribution in [3.63, 3.8) is 0 Å². The van der Waals surface area contributed by atoms with E-state index >= 15 is 0 Å². The molecular weight excluding hydrogens is 62.1 g/mol. The summed E-state index contributed by atoms with van der Waals surface area (Å²) in [6.45, 7) is 5.42. The molecule has 0 bridgehead atoms. The van der Waals surface area contributed by atoms with Gasteiger partial charge in [0.05, 0.1) is 0 Å². The van der Waals surface area contributed by atoms with Crippen LogP contribution >= 0.6 is 0 Å². The van der Waals surface area contributed by atoms with Crippen LogP contribution in [0.5, 0.6) is 0 Å². The van der Waals surface area contributed by atoms with Gasteiger partial charge in [0.1, 0.15) is 0 Å². The van der Waals surface area contributed by atoms with E-state index in [0.29, 0.717) is 6.54 Å². The largest absolute Gasteiger partial charge is 0.327 e. The monoisotopic (exact) mass is 69.1 g/mol. The van der Waals surface area contributed by atoms with Gasteiger partial charge in [-0.05, 0) is 6.92 Å². The molecule has 0 unspecified atom stereocenters. The Morgan fingerprint density at radius 3 is 2.40 bits per heavy atom. The first-order valence-electron chi connectivity index (χ1n) is 1.48. The fraction of sp³-hybridized carbons (Fsp3) is 0.250. The Balaban J connectivity index is 2.62. The van der Waals surface area contributed by atoms with Crippen LogP contribution in [0.15, 0.2) is 12.2 Å². The highest BCUT2D eigenvalue weighted by molar-refractivity contribution is 4.83. The van der Waals surface area contributed by atoms with Gasteiger partial charge in [-0.2, -0.15) is 0 Å². The van der Waals surface area contributed by atoms with Crippen LogP contribution in [-0.2, 0) is 0 Å². The Hall–Kier alpha value is -0.300. The van der Waals surface area contributed by atoms with Gasteiger partial charge in [0, 0.05) is 6.54 Å². The maximum Gasteiger partial charge on any atom is 0.0106 e. The maximum atomic E-state index is 4.97. The molecule has 0 aromatic rings. The van der Waals surface area contributed by atoms with Gasteiger partial charge in [-0.25, -0.2) is 0 Å². The van der Waals surface area contributed by atoms with Crippen molar-refractivity contribution < 1.29 is 0 Å². The highest BCUT2D eigenvalue weighted by atomic mass is 14.5. The van der Waals surface area contributed by atoms with Crippen molar-refractivity contribution in [1.29, 1.82) is 0 Å². The maximum absolute atomic E-state index is 4.97. The van der Waals surface area contributed by atoms with Gasteiger partial charge in [-0.1, -0.05) is 12.2 Å². The summed E-state index contributed by atoms with van der Waals surface area (Å²) in [5.41, 5.74) is 4.97. The lowest BCUT2D eigenvalue weighted by molar-refractivity contribution is 1.25. The zero-order valence-corrected chi connectivity index (χ0v) is 3.02. The lowest BCUT2D eigenvalue weighted by atomic mass is 10.5. The topological polar surface area (TPSA) is 26.0 Å². The first-order valence-corrected chi connectivity index (χ1v) is 1.48. The summed E-state index contributed by atoms with van der Waals surface area (Å²) < 4.78 is 0. The molecule has 0 aliphatic carbocycles. The smallest absolute Gasteiger partial charge is 0.0106 e. The second-order valence-corrected chi connectivity index (χ2v) is 0.664. The van der Waals surface area contributed by atoms with Crippen molar-refractivity contribution in [2.45, 2.75) is 0 Å². The molecule has 2 N–H and O–H groups in total. The Morgan fingerprint density at radius 2 is 2.40 bits per heavy atom. The van der Waals surface area contributed by atoms with E-state index in [9.17, 15) is 0 Å². The Morgan fingerprint density at radius 1 is 1.80 bits per heavy atom. The number of hydrogen-bond donors (Lipinski definition) is 1. The third-order valence-electron chi connectivity index (χ3n) is 0.272. The van der Waals surface area contributed by atoms with E-state index in [4.69, 9.17) is 12.7 Å². The molecule has 0 fully saturated rings. The summed E-state index contributed by atoms with van der Waals surface area (Å²) in [6.07, 6.45) is 3.11. The molecule has 28 valence electrons. The predicted molar refractivity (Wildman–Crippen MR) is 22.5 cm³/mol. The molecule has 0 rings (SSSR count). The zero-order chi connectivity index (χ0) is 4.12. The summed E-state index contributed by atoms with van der Waals surface area (Å²) in [5.74, 6) is 0. The number of rotatable bonds is 1. The second-order valence-electron chi connectivity index (χ2n) is 0.664. The van der Waals surface area contributed by atoms with E-state index in [1.54, 1.807) is 6.08 Å². The molecule has 0 amide bonds. The number of nitrogens with two attached hydrogens (primary N) is 1. The van der Waals surface area contributed by atoms with Gasteiger partial charge in [0.25, 0.3) is 0 Å². The molecule has 0 saturated heterocycles. The summed E-state index contributed by atoms with van der Waals surface area (Å²) >= 11 is 0. The highest BCUT2D eigenvalue weighted by Crippen LogP contribution is 1.56. The van der Waals surface area contributed by atoms with Crippen LogP contribution in [0, 0.1) is 6.92 Å². The van der Waals surface area contributed by atoms with Crippen molar-refractivity contribution in [2.24, 2.45) is 5.73 Å². The average molecular weight is 69.1 g/mol. The van der Waals surface area contributed by atoms with Crippen LogP contribution < -0.4 is 5.73 Å². The molecule has 1 nitrogen and oxygen atoms in total. The lowest BCUT2D eigenvalue weighted by Gasteiger charge is -1.66. The first-order chi connectivity index (χ1) is 2.41. The van der Waals surface area contributed by atoms with Gasteiger partial charge in [-0.3, -0.25) is 0 Å². The van der Waals surface area contributed by atoms with Crippen molar-refractivity contribution in [1.82, 2.24) is 0 Å². The van der Waals surface area contributed by atoms with Crippen LogP contribution in [0.4, 0.5) is 0 Å². The molecule has 0 aliphatic heterocycles. The van der Waals surface area contributed by atoms with E-state index in [-0.39, 0.29) is 0 Å². The van der Waals surface area contributed by atoms with Crippen molar-refractivity contribution in [2.75, 3.05) is 6.54 Å². The molecule has 0 saturated carbocycles. The minimum absolute atomic E-state index is 0.538. The Kier molecular flexibility index (Phi) is 3.48. The van der Waals surface area contributed by atoms with E-state index in [2.05, 4.69) is 0 Å². The zero-order valence-electron chi connectivity index (χ0n) is 3.02. The SMILES string of the molecule is [CH]/C=C/CN. The number of allylic oxidation sites excluding steroid dienone is 1. The summed E-state index contributed by atoms with van der Waals surface area (Å²) in [7, 11) is 0. The summed E-state index contributed by atoms with van der Waals surface area (Å²) in [5, 5.41) is 0. The Labute approximate surface area is 32.5 Å². The van der Waals surface area contributed by atoms with Crippen LogP contribution in [-0.4, -0.2) is 6.54 Å². The molecule has 0 spiro atoms. The third-order valence-corrected chi connectivity index (χ3v) is 0.272. The molecular formula is C4H7N. The van der Waals surface area contributed by atoms with E-state index < -0.39 is 0 Å². The average Bonchev–Trinajstić information content (AvgIpc) is 1.41. The minimum Gasteiger partial charge on any atom is -0.327 e. The molecule has 0 atom stereocenters. The molecule has 0 aromatic heterocycles. The molecule has 5 heavy (non-hydrogen) atoms. The predicted octanol–water partition coefficient (Wildman–Crippen LogP) is 0.212. The van der Waals surface area contributed by atoms with Crippen molar-refractivity contribution in [3.05, 3.63) is 19.1 Å².